The van der Waals surface area contributed by atoms with Crippen molar-refractivity contribution in [2.45, 2.75) is 25.0 Å². The van der Waals surface area contributed by atoms with Gasteiger partial charge in [0.25, 0.3) is 0 Å². The number of nitro groups is 1. The van der Waals surface area contributed by atoms with Gasteiger partial charge >= 0.3 is 11.7 Å². The summed E-state index contributed by atoms with van der Waals surface area (Å²) in [5.74, 6) is -1.31. The van der Waals surface area contributed by atoms with Crippen LogP contribution < -0.4 is 5.32 Å². The summed E-state index contributed by atoms with van der Waals surface area (Å²) in [6.07, 6.45) is 1.68. The Hall–Kier alpha value is -2.15. The second-order valence-corrected chi connectivity index (χ2v) is 4.43. The normalized spacial score (nSPS) is 21.5. The fourth-order valence-corrected chi connectivity index (χ4v) is 2.13. The van der Waals surface area contributed by atoms with E-state index in [1.807, 2.05) is 0 Å². The summed E-state index contributed by atoms with van der Waals surface area (Å²) < 4.78 is 5.13. The molecule has 102 valence electrons. The molecule has 1 aliphatic rings. The number of hydrogen-bond donors (Lipinski definition) is 2. The van der Waals surface area contributed by atoms with Crippen molar-refractivity contribution < 1.29 is 19.6 Å². The van der Waals surface area contributed by atoms with Crippen LogP contribution >= 0.6 is 0 Å². The summed E-state index contributed by atoms with van der Waals surface area (Å²) in [6, 6.07) is 4.31. The van der Waals surface area contributed by atoms with Crippen LogP contribution in [-0.4, -0.2) is 35.3 Å². The quantitative estimate of drug-likeness (QED) is 0.623. The molecule has 7 heteroatoms. The highest BCUT2D eigenvalue weighted by atomic mass is 16.6. The Balaban J connectivity index is 2.23. The molecule has 0 saturated heterocycles. The van der Waals surface area contributed by atoms with Gasteiger partial charge in [0, 0.05) is 13.2 Å². The average molecular weight is 266 g/mol. The van der Waals surface area contributed by atoms with Crippen molar-refractivity contribution in [3.63, 3.8) is 0 Å². The van der Waals surface area contributed by atoms with E-state index >= 15 is 0 Å². The van der Waals surface area contributed by atoms with E-state index in [9.17, 15) is 14.9 Å². The Labute approximate surface area is 109 Å². The fraction of sp³-hybridized carbons (Fsp3) is 0.417. The lowest BCUT2D eigenvalue weighted by Gasteiger charge is -2.35. The molecule has 7 nitrogen and oxygen atoms in total. The first kappa shape index (κ1) is 13.3. The number of hydrogen-bond acceptors (Lipinski definition) is 5. The number of ether oxygens (including phenoxy) is 1. The zero-order valence-electron chi connectivity index (χ0n) is 10.3. The number of para-hydroxylation sites is 1. The molecule has 1 aliphatic carbocycles. The Kier molecular flexibility index (Phi) is 3.66. The predicted molar refractivity (Wildman–Crippen MR) is 67.5 cm³/mol. The third-order valence-corrected chi connectivity index (χ3v) is 3.24. The van der Waals surface area contributed by atoms with Crippen LogP contribution in [0.25, 0.3) is 0 Å². The van der Waals surface area contributed by atoms with Crippen molar-refractivity contribution in [1.29, 1.82) is 0 Å². The van der Waals surface area contributed by atoms with Gasteiger partial charge in [0.15, 0.2) is 0 Å². The van der Waals surface area contributed by atoms with Gasteiger partial charge in [-0.2, -0.15) is 0 Å². The number of carboxylic acid groups (broad SMARTS) is 1. The largest absolute Gasteiger partial charge is 0.477 e. The van der Waals surface area contributed by atoms with E-state index in [1.165, 1.54) is 18.2 Å². The Morgan fingerprint density at radius 2 is 2.21 bits per heavy atom. The van der Waals surface area contributed by atoms with Gasteiger partial charge in [0.2, 0.25) is 0 Å². The molecule has 0 atom stereocenters. The van der Waals surface area contributed by atoms with Crippen molar-refractivity contribution in [2.24, 2.45) is 0 Å². The highest BCUT2D eigenvalue weighted by Crippen LogP contribution is 2.33. The van der Waals surface area contributed by atoms with Gasteiger partial charge in [-0.25, -0.2) is 4.79 Å². The number of carboxylic acids is 1. The monoisotopic (exact) mass is 266 g/mol. The number of nitro benzene ring substituents is 1. The third-order valence-electron chi connectivity index (χ3n) is 3.24. The van der Waals surface area contributed by atoms with Crippen molar-refractivity contribution in [1.82, 2.24) is 0 Å². The molecule has 0 aromatic heterocycles. The number of nitrogens with zero attached hydrogens (tertiary/aromatic N) is 1. The lowest BCUT2D eigenvalue weighted by Crippen LogP contribution is -2.40. The minimum absolute atomic E-state index is 0.0766. The van der Waals surface area contributed by atoms with Crippen LogP contribution in [0.2, 0.25) is 0 Å². The summed E-state index contributed by atoms with van der Waals surface area (Å²) in [4.78, 5) is 21.4. The van der Waals surface area contributed by atoms with Crippen LogP contribution in [0.3, 0.4) is 0 Å². The number of nitrogens with one attached hydrogen (secondary N) is 1. The number of anilines is 1. The second-order valence-electron chi connectivity index (χ2n) is 4.43. The minimum atomic E-state index is -1.31. The van der Waals surface area contributed by atoms with Gasteiger partial charge in [-0.3, -0.25) is 10.1 Å². The van der Waals surface area contributed by atoms with Gasteiger partial charge in [-0.1, -0.05) is 6.07 Å². The zero-order valence-corrected chi connectivity index (χ0v) is 10.3. The van der Waals surface area contributed by atoms with Crippen molar-refractivity contribution in [3.05, 3.63) is 33.9 Å². The van der Waals surface area contributed by atoms with E-state index in [4.69, 9.17) is 9.84 Å². The van der Waals surface area contributed by atoms with Gasteiger partial charge in [0.1, 0.15) is 11.3 Å². The molecule has 0 spiro atoms. The molecule has 1 aromatic rings. The number of aromatic carboxylic acids is 1. The molecule has 2 rings (SSSR count). The van der Waals surface area contributed by atoms with Crippen molar-refractivity contribution in [3.8, 4) is 0 Å². The number of methoxy groups -OCH3 is 1. The highest BCUT2D eigenvalue weighted by molar-refractivity contribution is 5.95. The van der Waals surface area contributed by atoms with E-state index in [0.29, 0.717) is 0 Å². The molecular formula is C12H14N2O5. The Morgan fingerprint density at radius 1 is 1.53 bits per heavy atom. The molecule has 1 aromatic carbocycles. The third kappa shape index (κ3) is 2.65. The molecule has 0 unspecified atom stereocenters. The molecule has 1 fully saturated rings. The molecule has 0 amide bonds. The van der Waals surface area contributed by atoms with E-state index < -0.39 is 16.6 Å². The zero-order chi connectivity index (χ0) is 14.0. The van der Waals surface area contributed by atoms with Crippen LogP contribution in [0.4, 0.5) is 11.4 Å². The van der Waals surface area contributed by atoms with E-state index in [2.05, 4.69) is 5.32 Å². The number of benzene rings is 1. The molecule has 19 heavy (non-hydrogen) atoms. The Bertz CT molecular complexity index is 511. The van der Waals surface area contributed by atoms with Crippen LogP contribution in [0.15, 0.2) is 18.2 Å². The van der Waals surface area contributed by atoms with Crippen LogP contribution in [0.5, 0.6) is 0 Å². The van der Waals surface area contributed by atoms with E-state index in [-0.39, 0.29) is 23.4 Å². The Morgan fingerprint density at radius 3 is 2.74 bits per heavy atom. The molecule has 0 radical (unpaired) electrons. The first-order valence-electron chi connectivity index (χ1n) is 5.83. The predicted octanol–water partition coefficient (Wildman–Crippen LogP) is 1.88. The standard InChI is InChI=1S/C12H14N2O5/c1-19-8-5-7(6-8)13-10-4-2-3-9(12(15)16)11(10)14(17)18/h2-4,7-8,13H,5-6H2,1H3,(H,15,16). The number of rotatable bonds is 5. The maximum Gasteiger partial charge on any atom is 0.342 e. The van der Waals surface area contributed by atoms with Gasteiger partial charge in [0.05, 0.1) is 11.0 Å². The topological polar surface area (TPSA) is 102 Å². The summed E-state index contributed by atoms with van der Waals surface area (Å²) in [6.45, 7) is 0. The smallest absolute Gasteiger partial charge is 0.342 e. The SMILES string of the molecule is COC1CC(Nc2cccc(C(=O)O)c2[N+](=O)[O-])C1. The van der Waals surface area contributed by atoms with E-state index in [1.54, 1.807) is 7.11 Å². The lowest BCUT2D eigenvalue weighted by molar-refractivity contribution is -0.384. The summed E-state index contributed by atoms with van der Waals surface area (Å²) in [5.41, 5.74) is -0.460. The molecule has 2 N–H and O–H groups in total. The molecule has 1 saturated carbocycles. The van der Waals surface area contributed by atoms with Crippen LogP contribution in [0, 0.1) is 10.1 Å². The summed E-state index contributed by atoms with van der Waals surface area (Å²) >= 11 is 0. The molecular weight excluding hydrogens is 252 g/mol. The summed E-state index contributed by atoms with van der Waals surface area (Å²) in [5, 5.41) is 23.0. The van der Waals surface area contributed by atoms with Crippen molar-refractivity contribution in [2.75, 3.05) is 12.4 Å². The van der Waals surface area contributed by atoms with Gasteiger partial charge < -0.3 is 15.2 Å². The first-order chi connectivity index (χ1) is 9.02. The van der Waals surface area contributed by atoms with Crippen molar-refractivity contribution >= 4 is 17.3 Å². The number of carbonyl (C=O) groups is 1. The first-order valence-corrected chi connectivity index (χ1v) is 5.83. The van der Waals surface area contributed by atoms with Crippen LogP contribution in [-0.2, 0) is 4.74 Å². The second kappa shape index (κ2) is 5.23. The van der Waals surface area contributed by atoms with E-state index in [0.717, 1.165) is 12.8 Å². The van der Waals surface area contributed by atoms with Crippen LogP contribution in [0.1, 0.15) is 23.2 Å². The average Bonchev–Trinajstić information content (AvgIpc) is 2.32. The lowest BCUT2D eigenvalue weighted by atomic mass is 9.89. The van der Waals surface area contributed by atoms with Gasteiger partial charge in [-0.05, 0) is 25.0 Å². The highest BCUT2D eigenvalue weighted by Gasteiger charge is 2.32. The maximum atomic E-state index is 11.0. The maximum absolute atomic E-state index is 11.0. The van der Waals surface area contributed by atoms with Gasteiger partial charge in [-0.15, -0.1) is 0 Å². The summed E-state index contributed by atoms with van der Waals surface area (Å²) in [7, 11) is 1.62. The fourth-order valence-electron chi connectivity index (χ4n) is 2.13. The minimum Gasteiger partial charge on any atom is -0.477 e. The molecule has 0 bridgehead atoms. The molecule has 0 aliphatic heterocycles. The molecule has 0 heterocycles.